The monoisotopic (exact) mass is 453 g/mol. The van der Waals surface area contributed by atoms with E-state index >= 15 is 0 Å². The molecule has 1 fully saturated rings. The van der Waals surface area contributed by atoms with Gasteiger partial charge in [0.2, 0.25) is 5.91 Å². The maximum atomic E-state index is 13.0. The Morgan fingerprint density at radius 1 is 0.968 bits per heavy atom. The number of nitrogens with zero attached hydrogens (tertiary/aromatic N) is 2. The van der Waals surface area contributed by atoms with E-state index in [1.807, 2.05) is 11.8 Å². The van der Waals surface area contributed by atoms with Crippen molar-refractivity contribution >= 4 is 5.91 Å². The lowest BCUT2D eigenvalue weighted by Crippen LogP contribution is -2.42. The van der Waals surface area contributed by atoms with Gasteiger partial charge in [-0.15, -0.1) is 0 Å². The Labute approximate surface area is 178 Å². The van der Waals surface area contributed by atoms with Gasteiger partial charge in [-0.25, -0.2) is 0 Å². The first-order chi connectivity index (χ1) is 14.5. The number of carbonyl (C=O) groups is 1. The Hall–Kier alpha value is -1.81. The van der Waals surface area contributed by atoms with E-state index in [0.29, 0.717) is 25.2 Å². The van der Waals surface area contributed by atoms with E-state index < -0.39 is 35.9 Å². The quantitative estimate of drug-likeness (QED) is 0.558. The Balaban J connectivity index is 1.96. The molecule has 1 aliphatic heterocycles. The summed E-state index contributed by atoms with van der Waals surface area (Å²) in [4.78, 5) is 16.6. The van der Waals surface area contributed by atoms with Crippen LogP contribution in [0.2, 0.25) is 0 Å². The summed E-state index contributed by atoms with van der Waals surface area (Å²) >= 11 is 0. The van der Waals surface area contributed by atoms with E-state index in [-0.39, 0.29) is 18.2 Å². The van der Waals surface area contributed by atoms with Crippen molar-refractivity contribution in [2.75, 3.05) is 39.3 Å². The van der Waals surface area contributed by atoms with Crippen LogP contribution in [0.1, 0.15) is 49.3 Å². The van der Waals surface area contributed by atoms with Crippen LogP contribution in [0.5, 0.6) is 0 Å². The third-order valence-corrected chi connectivity index (χ3v) is 5.23. The summed E-state index contributed by atoms with van der Waals surface area (Å²) in [6.07, 6.45) is -5.45. The summed E-state index contributed by atoms with van der Waals surface area (Å²) in [5, 5.41) is 2.45. The molecule has 1 heterocycles. The number of alkyl halides is 6. The zero-order chi connectivity index (χ0) is 23.1. The number of amides is 1. The molecule has 0 atom stereocenters. The molecule has 4 nitrogen and oxygen atoms in total. The van der Waals surface area contributed by atoms with Gasteiger partial charge in [-0.3, -0.25) is 9.69 Å². The fourth-order valence-corrected chi connectivity index (χ4v) is 3.63. The summed E-state index contributed by atoms with van der Waals surface area (Å²) in [5.41, 5.74) is -3.02. The van der Waals surface area contributed by atoms with Crippen molar-refractivity contribution in [3.8, 4) is 0 Å². The lowest BCUT2D eigenvalue weighted by molar-refractivity contribution is -0.143. The van der Waals surface area contributed by atoms with Crippen molar-refractivity contribution in [1.82, 2.24) is 15.1 Å². The highest BCUT2D eigenvalue weighted by atomic mass is 19.4. The number of halogens is 6. The summed E-state index contributed by atoms with van der Waals surface area (Å²) in [6, 6.07) is 1.35. The first-order valence-electron chi connectivity index (χ1n) is 10.5. The fraction of sp³-hybridized carbons (Fsp3) is 0.667. The van der Waals surface area contributed by atoms with Crippen LogP contribution in [-0.2, 0) is 23.7 Å². The molecular weight excluding hydrogens is 424 g/mol. The normalized spacial score (nSPS) is 16.0. The Morgan fingerprint density at radius 3 is 2.06 bits per heavy atom. The topological polar surface area (TPSA) is 35.6 Å². The first kappa shape index (κ1) is 25.5. The molecule has 1 N–H and O–H groups in total. The molecule has 1 aromatic rings. The average Bonchev–Trinajstić information content (AvgIpc) is 2.70. The molecule has 0 radical (unpaired) electrons. The van der Waals surface area contributed by atoms with Crippen LogP contribution in [0.15, 0.2) is 18.2 Å². The van der Waals surface area contributed by atoms with Gasteiger partial charge >= 0.3 is 12.4 Å². The molecule has 0 aromatic heterocycles. The van der Waals surface area contributed by atoms with Crippen molar-refractivity contribution in [2.24, 2.45) is 0 Å². The summed E-state index contributed by atoms with van der Waals surface area (Å²) < 4.78 is 77.8. The van der Waals surface area contributed by atoms with E-state index in [2.05, 4.69) is 10.2 Å². The van der Waals surface area contributed by atoms with E-state index in [1.165, 1.54) is 6.42 Å². The number of likely N-dealkylation sites (tertiary alicyclic amines) is 1. The van der Waals surface area contributed by atoms with E-state index in [4.69, 9.17) is 0 Å². The average molecular weight is 453 g/mol. The van der Waals surface area contributed by atoms with Crippen LogP contribution >= 0.6 is 0 Å². The second-order valence-electron chi connectivity index (χ2n) is 7.87. The summed E-state index contributed by atoms with van der Waals surface area (Å²) in [5.74, 6) is -0.432. The maximum Gasteiger partial charge on any atom is 0.416 e. The predicted octanol–water partition coefficient (Wildman–Crippen LogP) is 4.54. The number of hydrogen-bond acceptors (Lipinski definition) is 3. The lowest BCUT2D eigenvalue weighted by atomic mass is 10.0. The molecule has 1 aliphatic rings. The maximum absolute atomic E-state index is 13.0. The predicted molar refractivity (Wildman–Crippen MR) is 105 cm³/mol. The zero-order valence-corrected chi connectivity index (χ0v) is 17.6. The van der Waals surface area contributed by atoms with Crippen molar-refractivity contribution < 1.29 is 31.1 Å². The molecule has 1 saturated heterocycles. The minimum atomic E-state index is -4.91. The molecule has 1 aromatic carbocycles. The van der Waals surface area contributed by atoms with Crippen LogP contribution in [-0.4, -0.2) is 55.0 Å². The van der Waals surface area contributed by atoms with Gasteiger partial charge in [0.05, 0.1) is 17.7 Å². The molecule has 0 saturated carbocycles. The number of piperidine rings is 1. The van der Waals surface area contributed by atoms with Gasteiger partial charge in [0.1, 0.15) is 0 Å². The Kier molecular flexibility index (Phi) is 9.17. The van der Waals surface area contributed by atoms with Crippen molar-refractivity contribution in [3.05, 3.63) is 34.9 Å². The molecule has 1 amide bonds. The van der Waals surface area contributed by atoms with Crippen LogP contribution in [0.25, 0.3) is 0 Å². The lowest BCUT2D eigenvalue weighted by Gasteiger charge is -2.29. The second-order valence-corrected chi connectivity index (χ2v) is 7.87. The molecule has 10 heteroatoms. The van der Waals surface area contributed by atoms with Crippen LogP contribution in [0.4, 0.5) is 26.3 Å². The van der Waals surface area contributed by atoms with E-state index in [9.17, 15) is 31.1 Å². The van der Waals surface area contributed by atoms with E-state index in [1.54, 1.807) is 0 Å². The molecule has 0 aliphatic carbocycles. The number of carbonyl (C=O) groups excluding carboxylic acids is 1. The van der Waals surface area contributed by atoms with Gasteiger partial charge in [0.25, 0.3) is 0 Å². The minimum absolute atomic E-state index is 0.0484. The minimum Gasteiger partial charge on any atom is -0.351 e. The Morgan fingerprint density at radius 2 is 1.55 bits per heavy atom. The number of hydrogen-bond donors (Lipinski definition) is 1. The first-order valence-corrected chi connectivity index (χ1v) is 10.5. The van der Waals surface area contributed by atoms with Crippen molar-refractivity contribution in [2.45, 2.75) is 51.5 Å². The standard InChI is InChI=1S/C21H29F6N3O/c1-2-6-30(10-9-29-7-4-3-5-8-29)15-19(31)28-14-16-11-17(20(22,23)24)13-18(12-16)21(25,26)27/h11-13H,2-10,14-15H2,1H3,(H,28,31). The number of nitrogens with one attached hydrogen (secondary N) is 1. The molecular formula is C21H29F6N3O. The largest absolute Gasteiger partial charge is 0.416 e. The molecule has 0 unspecified atom stereocenters. The molecule has 31 heavy (non-hydrogen) atoms. The van der Waals surface area contributed by atoms with Gasteiger partial charge in [0.15, 0.2) is 0 Å². The van der Waals surface area contributed by atoms with Crippen molar-refractivity contribution in [3.63, 3.8) is 0 Å². The van der Waals surface area contributed by atoms with Gasteiger partial charge in [-0.05, 0) is 62.7 Å². The highest BCUT2D eigenvalue weighted by molar-refractivity contribution is 5.78. The van der Waals surface area contributed by atoms with Gasteiger partial charge in [-0.1, -0.05) is 13.3 Å². The SMILES string of the molecule is CCCN(CCN1CCCCC1)CC(=O)NCc1cc(C(F)(F)F)cc(C(F)(F)F)c1. The summed E-state index contributed by atoms with van der Waals surface area (Å²) in [7, 11) is 0. The second kappa shape index (κ2) is 11.2. The van der Waals surface area contributed by atoms with Gasteiger partial charge < -0.3 is 10.2 Å². The van der Waals surface area contributed by atoms with Gasteiger partial charge in [-0.2, -0.15) is 26.3 Å². The van der Waals surface area contributed by atoms with Crippen molar-refractivity contribution in [1.29, 1.82) is 0 Å². The molecule has 0 bridgehead atoms. The zero-order valence-electron chi connectivity index (χ0n) is 17.6. The number of rotatable bonds is 9. The van der Waals surface area contributed by atoms with Gasteiger partial charge in [0, 0.05) is 19.6 Å². The number of benzene rings is 1. The smallest absolute Gasteiger partial charge is 0.351 e. The highest BCUT2D eigenvalue weighted by Gasteiger charge is 2.36. The third-order valence-electron chi connectivity index (χ3n) is 5.23. The Bertz CT molecular complexity index is 682. The van der Waals surface area contributed by atoms with Crippen LogP contribution < -0.4 is 5.32 Å². The fourth-order valence-electron chi connectivity index (χ4n) is 3.63. The van der Waals surface area contributed by atoms with E-state index in [0.717, 1.165) is 38.9 Å². The molecule has 2 rings (SSSR count). The van der Waals surface area contributed by atoms with Crippen LogP contribution in [0, 0.1) is 0 Å². The highest BCUT2D eigenvalue weighted by Crippen LogP contribution is 2.36. The molecule has 0 spiro atoms. The summed E-state index contributed by atoms with van der Waals surface area (Å²) in [6.45, 7) is 5.88. The van der Waals surface area contributed by atoms with Crippen LogP contribution in [0.3, 0.4) is 0 Å². The third kappa shape index (κ3) is 8.68. The molecule has 176 valence electrons.